The van der Waals surface area contributed by atoms with E-state index in [-0.39, 0.29) is 0 Å². The average molecular weight is 188 g/mol. The Bertz CT molecular complexity index is 341. The molecule has 2 heterocycles. The fraction of sp³-hybridized carbons (Fsp3) is 0. The molecule has 0 aliphatic rings. The van der Waals surface area contributed by atoms with Gasteiger partial charge in [-0.05, 0) is 0 Å². The Hall–Kier alpha value is -1.01. The summed E-state index contributed by atoms with van der Waals surface area (Å²) in [6, 6.07) is 0. The van der Waals surface area contributed by atoms with Crippen molar-refractivity contribution in [1.29, 1.82) is 0 Å². The molecule has 7 heteroatoms. The van der Waals surface area contributed by atoms with Crippen LogP contribution in [-0.2, 0) is 0 Å². The largest absolute Gasteiger partial charge is 0.223 e. The van der Waals surface area contributed by atoms with Crippen molar-refractivity contribution in [3.05, 3.63) is 17.8 Å². The van der Waals surface area contributed by atoms with Gasteiger partial charge in [0.05, 0.1) is 11.7 Å². The molecule has 0 aliphatic carbocycles. The molecule has 0 aliphatic heterocycles. The van der Waals surface area contributed by atoms with Crippen molar-refractivity contribution in [2.24, 2.45) is 0 Å². The number of halogens is 1. The highest BCUT2D eigenvalue weighted by molar-refractivity contribution is 6.99. The summed E-state index contributed by atoms with van der Waals surface area (Å²) in [7, 11) is 0. The van der Waals surface area contributed by atoms with Gasteiger partial charge in [0.25, 0.3) is 0 Å². The van der Waals surface area contributed by atoms with E-state index in [2.05, 4.69) is 18.8 Å². The van der Waals surface area contributed by atoms with E-state index in [4.69, 9.17) is 11.6 Å². The topological polar surface area (TPSA) is 56.5 Å². The smallest absolute Gasteiger partial charge is 0.207 e. The standard InChI is InChI=1S/C4H2ClN5S/c5-3-4(9-11-8-3)10-2-6-1-7-10/h1-2H. The quantitative estimate of drug-likeness (QED) is 0.662. The van der Waals surface area contributed by atoms with Crippen molar-refractivity contribution in [3.63, 3.8) is 0 Å². The van der Waals surface area contributed by atoms with E-state index >= 15 is 0 Å². The second-order valence-electron chi connectivity index (χ2n) is 1.72. The molecule has 11 heavy (non-hydrogen) atoms. The van der Waals surface area contributed by atoms with Crippen molar-refractivity contribution < 1.29 is 0 Å². The Morgan fingerprint density at radius 2 is 2.36 bits per heavy atom. The molecule has 0 fully saturated rings. The van der Waals surface area contributed by atoms with Crippen molar-refractivity contribution in [2.45, 2.75) is 0 Å². The van der Waals surface area contributed by atoms with E-state index in [0.29, 0.717) is 11.0 Å². The zero-order valence-electron chi connectivity index (χ0n) is 5.18. The molecule has 0 unspecified atom stereocenters. The van der Waals surface area contributed by atoms with Crippen LogP contribution >= 0.6 is 23.3 Å². The highest BCUT2D eigenvalue weighted by Crippen LogP contribution is 2.14. The van der Waals surface area contributed by atoms with Gasteiger partial charge in [0.2, 0.25) is 5.82 Å². The molecule has 0 saturated carbocycles. The van der Waals surface area contributed by atoms with Gasteiger partial charge in [0.15, 0.2) is 5.15 Å². The summed E-state index contributed by atoms with van der Waals surface area (Å²) in [4.78, 5) is 3.75. The molecule has 0 radical (unpaired) electrons. The third-order valence-corrected chi connectivity index (χ3v) is 1.94. The lowest BCUT2D eigenvalue weighted by atomic mass is 10.7. The molecule has 0 spiro atoms. The second-order valence-corrected chi connectivity index (χ2v) is 2.61. The second kappa shape index (κ2) is 2.55. The van der Waals surface area contributed by atoms with Crippen molar-refractivity contribution in [3.8, 4) is 5.82 Å². The normalized spacial score (nSPS) is 10.3. The first kappa shape index (κ1) is 6.68. The van der Waals surface area contributed by atoms with Gasteiger partial charge < -0.3 is 0 Å². The van der Waals surface area contributed by atoms with Crippen LogP contribution in [0, 0.1) is 0 Å². The van der Waals surface area contributed by atoms with Crippen LogP contribution in [0.4, 0.5) is 0 Å². The predicted molar refractivity (Wildman–Crippen MR) is 39.8 cm³/mol. The Kier molecular flexibility index (Phi) is 1.55. The van der Waals surface area contributed by atoms with Gasteiger partial charge in [-0.25, -0.2) is 4.98 Å². The molecule has 56 valence electrons. The summed E-state index contributed by atoms with van der Waals surface area (Å²) in [6.07, 6.45) is 2.93. The van der Waals surface area contributed by atoms with Crippen LogP contribution in [0.1, 0.15) is 0 Å². The summed E-state index contributed by atoms with van der Waals surface area (Å²) in [6.45, 7) is 0. The lowest BCUT2D eigenvalue weighted by Gasteiger charge is -1.90. The van der Waals surface area contributed by atoms with E-state index < -0.39 is 0 Å². The third-order valence-electron chi connectivity index (χ3n) is 1.07. The molecular formula is C4H2ClN5S. The van der Waals surface area contributed by atoms with Gasteiger partial charge in [-0.1, -0.05) is 11.6 Å². The third kappa shape index (κ3) is 1.10. The molecule has 0 bridgehead atoms. The molecule has 0 aromatic carbocycles. The summed E-state index contributed by atoms with van der Waals surface area (Å²) in [5, 5.41) is 4.19. The zero-order chi connectivity index (χ0) is 7.68. The maximum atomic E-state index is 5.68. The van der Waals surface area contributed by atoms with Gasteiger partial charge in [-0.15, -0.1) is 0 Å². The van der Waals surface area contributed by atoms with Gasteiger partial charge in [-0.3, -0.25) is 0 Å². The first-order valence-corrected chi connectivity index (χ1v) is 3.82. The SMILES string of the molecule is Clc1nsnc1-n1cncn1. The molecule has 0 amide bonds. The molecule has 2 aromatic rings. The van der Waals surface area contributed by atoms with Gasteiger partial charge in [-0.2, -0.15) is 18.5 Å². The highest BCUT2D eigenvalue weighted by Gasteiger charge is 2.06. The van der Waals surface area contributed by atoms with Crippen LogP contribution in [0.15, 0.2) is 12.7 Å². The first-order chi connectivity index (χ1) is 5.38. The van der Waals surface area contributed by atoms with Crippen molar-refractivity contribution in [2.75, 3.05) is 0 Å². The average Bonchev–Trinajstić information content (AvgIpc) is 2.55. The number of hydrogen-bond acceptors (Lipinski definition) is 5. The minimum Gasteiger partial charge on any atom is -0.223 e. The van der Waals surface area contributed by atoms with Crippen LogP contribution in [0.5, 0.6) is 0 Å². The van der Waals surface area contributed by atoms with Crippen LogP contribution in [-0.4, -0.2) is 23.5 Å². The maximum absolute atomic E-state index is 5.68. The highest BCUT2D eigenvalue weighted by atomic mass is 35.5. The summed E-state index contributed by atoms with van der Waals surface area (Å²) >= 11 is 6.72. The van der Waals surface area contributed by atoms with Crippen molar-refractivity contribution >= 4 is 23.3 Å². The Morgan fingerprint density at radius 3 is 2.91 bits per heavy atom. The fourth-order valence-electron chi connectivity index (χ4n) is 0.627. The van der Waals surface area contributed by atoms with E-state index in [9.17, 15) is 0 Å². The molecule has 5 nitrogen and oxygen atoms in total. The first-order valence-electron chi connectivity index (χ1n) is 2.71. The minimum absolute atomic E-state index is 0.348. The lowest BCUT2D eigenvalue weighted by Crippen LogP contribution is -1.94. The van der Waals surface area contributed by atoms with Crippen LogP contribution in [0.25, 0.3) is 5.82 Å². The molecule has 0 N–H and O–H groups in total. The summed E-state index contributed by atoms with van der Waals surface area (Å²) < 4.78 is 9.16. The predicted octanol–water partition coefficient (Wildman–Crippen LogP) is 0.772. The van der Waals surface area contributed by atoms with Crippen molar-refractivity contribution in [1.82, 2.24) is 23.5 Å². The van der Waals surface area contributed by atoms with Crippen LogP contribution in [0.2, 0.25) is 5.15 Å². The lowest BCUT2D eigenvalue weighted by molar-refractivity contribution is 0.857. The summed E-state index contributed by atoms with van der Waals surface area (Å²) in [5.74, 6) is 0.522. The number of hydrogen-bond donors (Lipinski definition) is 0. The number of rotatable bonds is 1. The molecule has 0 atom stereocenters. The Labute approximate surface area is 71.0 Å². The maximum Gasteiger partial charge on any atom is 0.207 e. The molecular weight excluding hydrogens is 186 g/mol. The van der Waals surface area contributed by atoms with E-state index in [0.717, 1.165) is 11.7 Å². The van der Waals surface area contributed by atoms with Gasteiger partial charge in [0.1, 0.15) is 12.7 Å². The zero-order valence-corrected chi connectivity index (χ0v) is 6.75. The van der Waals surface area contributed by atoms with E-state index in [1.165, 1.54) is 17.3 Å². The Balaban J connectivity index is 2.53. The monoisotopic (exact) mass is 187 g/mol. The van der Waals surface area contributed by atoms with Gasteiger partial charge in [0, 0.05) is 0 Å². The molecule has 2 rings (SSSR count). The fourth-order valence-corrected chi connectivity index (χ4v) is 1.34. The molecule has 0 saturated heterocycles. The van der Waals surface area contributed by atoms with Gasteiger partial charge >= 0.3 is 0 Å². The summed E-state index contributed by atoms with van der Waals surface area (Å²) in [5.41, 5.74) is 0. The minimum atomic E-state index is 0.348. The number of nitrogens with zero attached hydrogens (tertiary/aromatic N) is 5. The molecule has 2 aromatic heterocycles. The number of aromatic nitrogens is 5. The van der Waals surface area contributed by atoms with E-state index in [1.54, 1.807) is 0 Å². The van der Waals surface area contributed by atoms with Crippen LogP contribution in [0.3, 0.4) is 0 Å². The Morgan fingerprint density at radius 1 is 1.45 bits per heavy atom. The van der Waals surface area contributed by atoms with Crippen LogP contribution < -0.4 is 0 Å². The van der Waals surface area contributed by atoms with E-state index in [1.807, 2.05) is 0 Å².